The molecule has 2 heterocycles. The number of hydrogen-bond acceptors (Lipinski definition) is 5. The van der Waals surface area contributed by atoms with Crippen LogP contribution in [-0.2, 0) is 33.0 Å². The predicted octanol–water partition coefficient (Wildman–Crippen LogP) is 2.30. The van der Waals surface area contributed by atoms with Gasteiger partial charge in [0.2, 0.25) is 0 Å². The lowest BCUT2D eigenvalue weighted by molar-refractivity contribution is 0.680. The summed E-state index contributed by atoms with van der Waals surface area (Å²) < 4.78 is 2.00. The van der Waals surface area contributed by atoms with Crippen LogP contribution in [0.2, 0.25) is 0 Å². The summed E-state index contributed by atoms with van der Waals surface area (Å²) in [5.74, 6) is 0. The number of nitrogens with two attached hydrogens (primary N) is 1. The van der Waals surface area contributed by atoms with Crippen molar-refractivity contribution in [1.82, 2.24) is 20.1 Å². The quantitative estimate of drug-likeness (QED) is 0.858. The van der Waals surface area contributed by atoms with Gasteiger partial charge < -0.3 is 11.1 Å². The van der Waals surface area contributed by atoms with Gasteiger partial charge in [0.15, 0.2) is 5.13 Å². The van der Waals surface area contributed by atoms with Crippen molar-refractivity contribution in [3.63, 3.8) is 0 Å². The van der Waals surface area contributed by atoms with Crippen LogP contribution < -0.4 is 11.1 Å². The third kappa shape index (κ3) is 3.71. The Balaban J connectivity index is 0.00000200. The Morgan fingerprint density at radius 1 is 1.30 bits per heavy atom. The first-order chi connectivity index (χ1) is 9.15. The summed E-state index contributed by atoms with van der Waals surface area (Å²) in [5.41, 5.74) is 9.46. The van der Waals surface area contributed by atoms with Crippen molar-refractivity contribution in [3.05, 3.63) is 28.0 Å². The summed E-state index contributed by atoms with van der Waals surface area (Å²) in [7, 11) is 2.02. The first kappa shape index (κ1) is 16.9. The van der Waals surface area contributed by atoms with E-state index in [0.717, 1.165) is 30.8 Å². The molecule has 5 nitrogen and oxygen atoms in total. The minimum absolute atomic E-state index is 0. The highest BCUT2D eigenvalue weighted by molar-refractivity contribution is 7.15. The summed E-state index contributed by atoms with van der Waals surface area (Å²) in [6.07, 6.45) is 3.81. The number of aromatic nitrogens is 3. The fourth-order valence-corrected chi connectivity index (χ4v) is 2.96. The van der Waals surface area contributed by atoms with Gasteiger partial charge in [0, 0.05) is 42.5 Å². The molecule has 0 aliphatic rings. The molecule has 2 rings (SSSR count). The van der Waals surface area contributed by atoms with Crippen LogP contribution >= 0.6 is 23.7 Å². The number of hydrogen-bond donors (Lipinski definition) is 2. The molecule has 0 saturated heterocycles. The van der Waals surface area contributed by atoms with Crippen LogP contribution in [0.4, 0.5) is 5.13 Å². The highest BCUT2D eigenvalue weighted by Gasteiger charge is 2.12. The molecule has 2 aromatic heterocycles. The maximum atomic E-state index is 5.62. The molecule has 7 heteroatoms. The van der Waals surface area contributed by atoms with Gasteiger partial charge >= 0.3 is 0 Å². The fourth-order valence-electron chi connectivity index (χ4n) is 2.31. The monoisotopic (exact) mass is 315 g/mol. The molecule has 0 unspecified atom stereocenters. The number of anilines is 1. The van der Waals surface area contributed by atoms with E-state index in [2.05, 4.69) is 29.2 Å². The van der Waals surface area contributed by atoms with Gasteiger partial charge in [-0.1, -0.05) is 13.8 Å². The molecule has 0 amide bonds. The smallest absolute Gasteiger partial charge is 0.180 e. The van der Waals surface area contributed by atoms with Gasteiger partial charge in [-0.25, -0.2) is 4.98 Å². The number of nitrogen functional groups attached to an aromatic ring is 1. The van der Waals surface area contributed by atoms with E-state index in [1.165, 1.54) is 28.3 Å². The number of rotatable bonds is 6. The van der Waals surface area contributed by atoms with E-state index >= 15 is 0 Å². The van der Waals surface area contributed by atoms with Gasteiger partial charge in [0.1, 0.15) is 0 Å². The van der Waals surface area contributed by atoms with Gasteiger partial charge in [-0.15, -0.1) is 23.7 Å². The zero-order valence-corrected chi connectivity index (χ0v) is 13.8. The van der Waals surface area contributed by atoms with E-state index < -0.39 is 0 Å². The Hall–Kier alpha value is -1.11. The van der Waals surface area contributed by atoms with Gasteiger partial charge in [-0.05, 0) is 12.8 Å². The van der Waals surface area contributed by atoms with Crippen molar-refractivity contribution in [2.24, 2.45) is 7.05 Å². The molecule has 0 aliphatic carbocycles. The SMILES string of the molecule is CCc1nn(C)c(CC)c1CNCc1cnc(N)s1.Cl. The lowest BCUT2D eigenvalue weighted by atomic mass is 10.1. The van der Waals surface area contributed by atoms with Crippen LogP contribution in [0.3, 0.4) is 0 Å². The predicted molar refractivity (Wildman–Crippen MR) is 86.3 cm³/mol. The maximum absolute atomic E-state index is 5.62. The second kappa shape index (κ2) is 7.61. The maximum Gasteiger partial charge on any atom is 0.180 e. The molecule has 20 heavy (non-hydrogen) atoms. The van der Waals surface area contributed by atoms with E-state index in [4.69, 9.17) is 5.73 Å². The molecule has 0 fully saturated rings. The second-order valence-electron chi connectivity index (χ2n) is 4.47. The first-order valence-corrected chi connectivity index (χ1v) is 7.41. The molecule has 0 bridgehead atoms. The zero-order chi connectivity index (χ0) is 13.8. The average Bonchev–Trinajstić information content (AvgIpc) is 2.93. The zero-order valence-electron chi connectivity index (χ0n) is 12.1. The summed E-state index contributed by atoms with van der Waals surface area (Å²) in [4.78, 5) is 5.22. The van der Waals surface area contributed by atoms with Crippen molar-refractivity contribution in [3.8, 4) is 0 Å². The van der Waals surface area contributed by atoms with Crippen LogP contribution in [0.15, 0.2) is 6.20 Å². The standard InChI is InChI=1S/C13H21N5S.ClH/c1-4-11-10(12(5-2)18(3)17-11)8-15-6-9-7-16-13(14)19-9;/h7,15H,4-6,8H2,1-3H3,(H2,14,16);1H. The number of thiazole rings is 1. The van der Waals surface area contributed by atoms with Crippen molar-refractivity contribution >= 4 is 28.9 Å². The van der Waals surface area contributed by atoms with Crippen LogP contribution in [0.1, 0.15) is 35.7 Å². The normalized spacial score (nSPS) is 10.6. The molecule has 2 aromatic rings. The number of aryl methyl sites for hydroxylation is 2. The summed E-state index contributed by atoms with van der Waals surface area (Å²) >= 11 is 1.53. The third-order valence-electron chi connectivity index (χ3n) is 3.20. The summed E-state index contributed by atoms with van der Waals surface area (Å²) in [5, 5.41) is 8.66. The van der Waals surface area contributed by atoms with Crippen molar-refractivity contribution in [1.29, 1.82) is 0 Å². The minimum atomic E-state index is 0. The molecule has 0 aliphatic heterocycles. The Kier molecular flexibility index (Phi) is 6.45. The van der Waals surface area contributed by atoms with E-state index in [1.54, 1.807) is 0 Å². The van der Waals surface area contributed by atoms with E-state index in [-0.39, 0.29) is 12.4 Å². The molecule has 112 valence electrons. The van der Waals surface area contributed by atoms with E-state index in [1.807, 2.05) is 17.9 Å². The third-order valence-corrected chi connectivity index (χ3v) is 4.03. The number of halogens is 1. The first-order valence-electron chi connectivity index (χ1n) is 6.60. The Morgan fingerprint density at radius 3 is 2.60 bits per heavy atom. The lowest BCUT2D eigenvalue weighted by Gasteiger charge is -2.06. The lowest BCUT2D eigenvalue weighted by Crippen LogP contribution is -2.14. The molecule has 0 spiro atoms. The summed E-state index contributed by atoms with van der Waals surface area (Å²) in [6.45, 7) is 5.97. The highest BCUT2D eigenvalue weighted by Crippen LogP contribution is 2.17. The molecule has 0 saturated carbocycles. The second-order valence-corrected chi connectivity index (χ2v) is 5.62. The Bertz CT molecular complexity index is 549. The molecule has 0 radical (unpaired) electrons. The van der Waals surface area contributed by atoms with Crippen molar-refractivity contribution < 1.29 is 0 Å². The highest BCUT2D eigenvalue weighted by atomic mass is 35.5. The van der Waals surface area contributed by atoms with Crippen LogP contribution in [-0.4, -0.2) is 14.8 Å². The van der Waals surface area contributed by atoms with E-state index in [9.17, 15) is 0 Å². The fraction of sp³-hybridized carbons (Fsp3) is 0.538. The minimum Gasteiger partial charge on any atom is -0.375 e. The average molecular weight is 316 g/mol. The number of nitrogens with zero attached hydrogens (tertiary/aromatic N) is 3. The van der Waals surface area contributed by atoms with Crippen LogP contribution in [0.25, 0.3) is 0 Å². The molecular formula is C13H22ClN5S. The molecular weight excluding hydrogens is 294 g/mol. The van der Waals surface area contributed by atoms with Gasteiger partial charge in [0.25, 0.3) is 0 Å². The Morgan fingerprint density at radius 2 is 2.05 bits per heavy atom. The molecule has 0 atom stereocenters. The largest absolute Gasteiger partial charge is 0.375 e. The van der Waals surface area contributed by atoms with E-state index in [0.29, 0.717) is 5.13 Å². The van der Waals surface area contributed by atoms with Crippen molar-refractivity contribution in [2.45, 2.75) is 39.8 Å². The molecule has 0 aromatic carbocycles. The van der Waals surface area contributed by atoms with Crippen LogP contribution in [0, 0.1) is 0 Å². The van der Waals surface area contributed by atoms with Crippen LogP contribution in [0.5, 0.6) is 0 Å². The van der Waals surface area contributed by atoms with Crippen molar-refractivity contribution in [2.75, 3.05) is 5.73 Å². The van der Waals surface area contributed by atoms with Gasteiger partial charge in [-0.2, -0.15) is 5.10 Å². The summed E-state index contributed by atoms with van der Waals surface area (Å²) in [6, 6.07) is 0. The van der Waals surface area contributed by atoms with Gasteiger partial charge in [-0.3, -0.25) is 4.68 Å². The molecule has 3 N–H and O–H groups in total. The Labute approximate surface area is 130 Å². The topological polar surface area (TPSA) is 68.8 Å². The van der Waals surface area contributed by atoms with Gasteiger partial charge in [0.05, 0.1) is 5.69 Å². The number of nitrogens with one attached hydrogen (secondary N) is 1.